The van der Waals surface area contributed by atoms with Gasteiger partial charge in [0.15, 0.2) is 0 Å². The molecule has 74 valence electrons. The maximum Gasteiger partial charge on any atom is 0.0317 e. The van der Waals surface area contributed by atoms with E-state index in [1.165, 1.54) is 25.1 Å². The second kappa shape index (κ2) is 2.74. The van der Waals surface area contributed by atoms with Crippen molar-refractivity contribution < 1.29 is 0 Å². The molecule has 0 amide bonds. The zero-order chi connectivity index (χ0) is 9.71. The van der Waals surface area contributed by atoms with Gasteiger partial charge in [-0.15, -0.1) is 0 Å². The summed E-state index contributed by atoms with van der Waals surface area (Å²) < 4.78 is 0. The summed E-state index contributed by atoms with van der Waals surface area (Å²) in [5, 5.41) is 0. The fourth-order valence-corrected chi connectivity index (χ4v) is 3.09. The van der Waals surface area contributed by atoms with E-state index in [2.05, 4.69) is 24.1 Å². The predicted molar refractivity (Wildman–Crippen MR) is 58.5 cm³/mol. The molecule has 1 aromatic rings. The molecule has 0 aromatic heterocycles. The van der Waals surface area contributed by atoms with Crippen LogP contribution in [0.25, 0.3) is 0 Å². The minimum atomic E-state index is 0.734. The van der Waals surface area contributed by atoms with Crippen LogP contribution in [0.2, 0.25) is 0 Å². The van der Waals surface area contributed by atoms with Gasteiger partial charge in [0.05, 0.1) is 0 Å². The Bertz CT molecular complexity index is 371. The minimum Gasteiger partial charge on any atom is -0.399 e. The highest BCUT2D eigenvalue weighted by molar-refractivity contribution is 5.50. The maximum absolute atomic E-state index is 5.83. The fraction of sp³-hybridized carbons (Fsp3) is 0.500. The molecule has 2 aliphatic rings. The highest BCUT2D eigenvalue weighted by Crippen LogP contribution is 2.45. The molecule has 2 unspecified atom stereocenters. The van der Waals surface area contributed by atoms with E-state index in [9.17, 15) is 0 Å². The quantitative estimate of drug-likeness (QED) is 0.629. The highest BCUT2D eigenvalue weighted by atomic mass is 15.1. The molecule has 3 rings (SSSR count). The van der Waals surface area contributed by atoms with Gasteiger partial charge in [0.25, 0.3) is 0 Å². The van der Waals surface area contributed by atoms with Crippen molar-refractivity contribution in [3.05, 3.63) is 29.3 Å². The molecular weight excluding hydrogens is 172 g/mol. The Hall–Kier alpha value is -1.02. The average Bonchev–Trinajstić information content (AvgIpc) is 2.39. The van der Waals surface area contributed by atoms with Crippen LogP contribution in [0, 0.1) is 0 Å². The van der Waals surface area contributed by atoms with Gasteiger partial charge >= 0.3 is 0 Å². The first-order valence-corrected chi connectivity index (χ1v) is 5.32. The van der Waals surface area contributed by atoms with Crippen LogP contribution >= 0.6 is 0 Å². The van der Waals surface area contributed by atoms with Crippen molar-refractivity contribution in [3.63, 3.8) is 0 Å². The number of fused-ring (bicyclic) bond motifs is 5. The maximum atomic E-state index is 5.83. The Labute approximate surface area is 84.7 Å². The first-order valence-electron chi connectivity index (χ1n) is 5.32. The van der Waals surface area contributed by atoms with E-state index in [-0.39, 0.29) is 0 Å². The number of nitrogen functional groups attached to an aromatic ring is 1. The van der Waals surface area contributed by atoms with Crippen LogP contribution in [0.4, 0.5) is 5.69 Å². The molecule has 2 nitrogen and oxygen atoms in total. The van der Waals surface area contributed by atoms with Crippen molar-refractivity contribution in [3.8, 4) is 0 Å². The van der Waals surface area contributed by atoms with Gasteiger partial charge in [-0.2, -0.15) is 0 Å². The standard InChI is InChI=1S/C12H16N2/c1-14-6-8-4-9(7-14)12-5-10(13)2-3-11(8)12/h2-3,5,8-9H,4,6-7,13H2,1H3. The number of likely N-dealkylation sites (tertiary alicyclic amines) is 1. The van der Waals surface area contributed by atoms with Crippen LogP contribution in [0.3, 0.4) is 0 Å². The smallest absolute Gasteiger partial charge is 0.0317 e. The van der Waals surface area contributed by atoms with Crippen LogP contribution in [-0.4, -0.2) is 25.0 Å². The lowest BCUT2D eigenvalue weighted by atomic mass is 9.96. The van der Waals surface area contributed by atoms with Crippen LogP contribution in [0.5, 0.6) is 0 Å². The van der Waals surface area contributed by atoms with Crippen molar-refractivity contribution in [2.45, 2.75) is 18.3 Å². The van der Waals surface area contributed by atoms with E-state index in [1.54, 1.807) is 5.56 Å². The van der Waals surface area contributed by atoms with Crippen molar-refractivity contribution >= 4 is 5.69 Å². The topological polar surface area (TPSA) is 29.3 Å². The molecular formula is C12H16N2. The molecule has 2 N–H and O–H groups in total. The number of likely N-dealkylation sites (N-methyl/N-ethyl adjacent to an activating group) is 1. The lowest BCUT2D eigenvalue weighted by molar-refractivity contribution is 0.245. The summed E-state index contributed by atoms with van der Waals surface area (Å²) in [7, 11) is 2.22. The molecule has 1 heterocycles. The summed E-state index contributed by atoms with van der Waals surface area (Å²) in [5.41, 5.74) is 9.81. The second-order valence-corrected chi connectivity index (χ2v) is 4.74. The molecule has 2 atom stereocenters. The molecule has 0 spiro atoms. The van der Waals surface area contributed by atoms with Gasteiger partial charge < -0.3 is 10.6 Å². The molecule has 0 radical (unpaired) electrons. The second-order valence-electron chi connectivity index (χ2n) is 4.74. The molecule has 0 saturated carbocycles. The SMILES string of the molecule is CN1CC2CC(C1)c1cc(N)ccc12. The third kappa shape index (κ3) is 1.07. The van der Waals surface area contributed by atoms with E-state index in [0.717, 1.165) is 17.5 Å². The summed E-state index contributed by atoms with van der Waals surface area (Å²) in [6, 6.07) is 6.45. The molecule has 1 aromatic carbocycles. The molecule has 1 aliphatic heterocycles. The number of nitrogens with zero attached hydrogens (tertiary/aromatic N) is 1. The fourth-order valence-electron chi connectivity index (χ4n) is 3.09. The number of rotatable bonds is 0. The summed E-state index contributed by atoms with van der Waals surface area (Å²) in [5.74, 6) is 1.49. The lowest BCUT2D eigenvalue weighted by Crippen LogP contribution is -2.31. The largest absolute Gasteiger partial charge is 0.399 e. The average molecular weight is 188 g/mol. The van der Waals surface area contributed by atoms with Crippen molar-refractivity contribution in [1.82, 2.24) is 4.90 Å². The Balaban J connectivity index is 2.09. The molecule has 2 bridgehead atoms. The molecule has 14 heavy (non-hydrogen) atoms. The Morgan fingerprint density at radius 3 is 2.71 bits per heavy atom. The van der Waals surface area contributed by atoms with E-state index in [1.807, 2.05) is 6.07 Å². The summed E-state index contributed by atoms with van der Waals surface area (Å²) in [6.07, 6.45) is 1.34. The van der Waals surface area contributed by atoms with Crippen molar-refractivity contribution in [1.29, 1.82) is 0 Å². The summed E-state index contributed by atoms with van der Waals surface area (Å²) in [4.78, 5) is 2.44. The van der Waals surface area contributed by atoms with Gasteiger partial charge in [0.2, 0.25) is 0 Å². The van der Waals surface area contributed by atoms with E-state index >= 15 is 0 Å². The van der Waals surface area contributed by atoms with Crippen LogP contribution in [0.15, 0.2) is 18.2 Å². The summed E-state index contributed by atoms with van der Waals surface area (Å²) in [6.45, 7) is 2.42. The van der Waals surface area contributed by atoms with Crippen LogP contribution in [-0.2, 0) is 0 Å². The number of benzene rings is 1. The van der Waals surface area contributed by atoms with E-state index < -0.39 is 0 Å². The number of hydrogen-bond donors (Lipinski definition) is 1. The van der Waals surface area contributed by atoms with Gasteiger partial charge in [0.1, 0.15) is 0 Å². The Kier molecular flexibility index (Phi) is 1.62. The summed E-state index contributed by atoms with van der Waals surface area (Å²) >= 11 is 0. The molecule has 1 aliphatic carbocycles. The molecule has 2 heteroatoms. The van der Waals surface area contributed by atoms with Crippen molar-refractivity contribution in [2.75, 3.05) is 25.9 Å². The van der Waals surface area contributed by atoms with E-state index in [4.69, 9.17) is 5.73 Å². The van der Waals surface area contributed by atoms with Crippen LogP contribution < -0.4 is 5.73 Å². The number of nitrogens with two attached hydrogens (primary N) is 1. The van der Waals surface area contributed by atoms with Gasteiger partial charge in [0, 0.05) is 18.8 Å². The van der Waals surface area contributed by atoms with E-state index in [0.29, 0.717) is 0 Å². The minimum absolute atomic E-state index is 0.734. The number of anilines is 1. The zero-order valence-electron chi connectivity index (χ0n) is 8.53. The predicted octanol–water partition coefficient (Wildman–Crippen LogP) is 1.79. The van der Waals surface area contributed by atoms with Gasteiger partial charge in [-0.05, 0) is 48.6 Å². The number of hydrogen-bond acceptors (Lipinski definition) is 2. The van der Waals surface area contributed by atoms with Gasteiger partial charge in [-0.1, -0.05) is 6.07 Å². The van der Waals surface area contributed by atoms with Gasteiger partial charge in [-0.3, -0.25) is 0 Å². The third-order valence-electron chi connectivity index (χ3n) is 3.62. The third-order valence-corrected chi connectivity index (χ3v) is 3.62. The zero-order valence-corrected chi connectivity index (χ0v) is 8.53. The molecule has 1 saturated heterocycles. The van der Waals surface area contributed by atoms with Crippen LogP contribution in [0.1, 0.15) is 29.4 Å². The normalized spacial score (nSPS) is 30.4. The lowest BCUT2D eigenvalue weighted by Gasteiger charge is -2.28. The Morgan fingerprint density at radius 1 is 1.21 bits per heavy atom. The Morgan fingerprint density at radius 2 is 1.93 bits per heavy atom. The monoisotopic (exact) mass is 188 g/mol. The number of piperidine rings is 1. The van der Waals surface area contributed by atoms with Crippen molar-refractivity contribution in [2.24, 2.45) is 0 Å². The first kappa shape index (κ1) is 8.30. The highest BCUT2D eigenvalue weighted by Gasteiger charge is 2.36. The van der Waals surface area contributed by atoms with Gasteiger partial charge in [-0.25, -0.2) is 0 Å². The first-order chi connectivity index (χ1) is 6.74. The molecule has 1 fully saturated rings.